The van der Waals surface area contributed by atoms with Gasteiger partial charge in [-0.1, -0.05) is 49.1 Å². The zero-order chi connectivity index (χ0) is 15.1. The van der Waals surface area contributed by atoms with Gasteiger partial charge in [0.2, 0.25) is 0 Å². The molecule has 2 rings (SSSR count). The second kappa shape index (κ2) is 7.63. The number of carbonyl (C=O) groups excluding carboxylic acids is 1. The molecule has 2 aromatic rings. The average Bonchev–Trinajstić information content (AvgIpc) is 2.99. The molecule has 21 heavy (non-hydrogen) atoms. The number of hydrogen-bond acceptors (Lipinski definition) is 3. The number of amides is 1. The van der Waals surface area contributed by atoms with Crippen LogP contribution in [0.5, 0.6) is 0 Å². The molecule has 0 aliphatic carbocycles. The highest BCUT2D eigenvalue weighted by atomic mass is 32.1. The summed E-state index contributed by atoms with van der Waals surface area (Å²) in [6.07, 6.45) is 0. The molecule has 0 saturated carbocycles. The van der Waals surface area contributed by atoms with Gasteiger partial charge in [0, 0.05) is 12.1 Å². The summed E-state index contributed by atoms with van der Waals surface area (Å²) in [6, 6.07) is 12.0. The molecule has 0 aliphatic rings. The zero-order valence-electron chi connectivity index (χ0n) is 11.9. The van der Waals surface area contributed by atoms with Gasteiger partial charge in [0.1, 0.15) is 4.88 Å². The Bertz CT molecular complexity index is 652. The van der Waals surface area contributed by atoms with Crippen molar-refractivity contribution in [2.24, 2.45) is 5.73 Å². The van der Waals surface area contributed by atoms with Gasteiger partial charge in [-0.2, -0.15) is 0 Å². The van der Waals surface area contributed by atoms with Gasteiger partial charge >= 0.3 is 0 Å². The lowest BCUT2D eigenvalue weighted by atomic mass is 10.0. The van der Waals surface area contributed by atoms with E-state index in [1.54, 1.807) is 0 Å². The normalized spacial score (nSPS) is 11.3. The van der Waals surface area contributed by atoms with Gasteiger partial charge in [0.05, 0.1) is 6.54 Å². The van der Waals surface area contributed by atoms with E-state index in [0.29, 0.717) is 18.0 Å². The predicted molar refractivity (Wildman–Crippen MR) is 87.4 cm³/mol. The first-order chi connectivity index (χ1) is 10.2. The van der Waals surface area contributed by atoms with Crippen LogP contribution in [0.3, 0.4) is 0 Å². The Morgan fingerprint density at radius 3 is 2.81 bits per heavy atom. The van der Waals surface area contributed by atoms with E-state index in [-0.39, 0.29) is 11.8 Å². The Kier molecular flexibility index (Phi) is 5.56. The summed E-state index contributed by atoms with van der Waals surface area (Å²) >= 11 is 1.40. The van der Waals surface area contributed by atoms with Crippen molar-refractivity contribution in [2.45, 2.75) is 12.8 Å². The van der Waals surface area contributed by atoms with Crippen LogP contribution in [-0.4, -0.2) is 19.0 Å². The molecule has 0 radical (unpaired) electrons. The molecule has 1 amide bonds. The van der Waals surface area contributed by atoms with Crippen molar-refractivity contribution in [3.05, 3.63) is 57.8 Å². The number of hydrogen-bond donors (Lipinski definition) is 2. The maximum absolute atomic E-state index is 12.2. The first-order valence-electron chi connectivity index (χ1n) is 6.82. The Labute approximate surface area is 129 Å². The molecule has 4 heteroatoms. The summed E-state index contributed by atoms with van der Waals surface area (Å²) in [5.74, 6) is 5.91. The van der Waals surface area contributed by atoms with E-state index >= 15 is 0 Å². The predicted octanol–water partition coefficient (Wildman–Crippen LogP) is 2.59. The molecule has 1 aromatic heterocycles. The van der Waals surface area contributed by atoms with Crippen molar-refractivity contribution in [3.63, 3.8) is 0 Å². The second-order valence-electron chi connectivity index (χ2n) is 4.69. The maximum Gasteiger partial charge on any atom is 0.262 e. The highest BCUT2D eigenvalue weighted by Crippen LogP contribution is 2.17. The topological polar surface area (TPSA) is 55.1 Å². The van der Waals surface area contributed by atoms with Crippen molar-refractivity contribution < 1.29 is 4.79 Å². The maximum atomic E-state index is 12.2. The van der Waals surface area contributed by atoms with Gasteiger partial charge in [-0.15, -0.1) is 11.3 Å². The number of thiophene rings is 1. The number of rotatable bonds is 4. The lowest BCUT2D eigenvalue weighted by Gasteiger charge is -2.12. The summed E-state index contributed by atoms with van der Waals surface area (Å²) in [5.41, 5.74) is 7.32. The van der Waals surface area contributed by atoms with Gasteiger partial charge in [0.15, 0.2) is 0 Å². The molecule has 1 atom stereocenters. The van der Waals surface area contributed by atoms with Crippen LogP contribution < -0.4 is 11.1 Å². The van der Waals surface area contributed by atoms with Gasteiger partial charge in [-0.05, 0) is 22.9 Å². The van der Waals surface area contributed by atoms with E-state index in [4.69, 9.17) is 5.73 Å². The summed E-state index contributed by atoms with van der Waals surface area (Å²) in [7, 11) is 0. The SMILES string of the molecule is CC(CNC(=O)c1sccc1C#CCN)c1ccccc1. The molecular formula is C17H18N2OS. The minimum atomic E-state index is -0.0749. The Hall–Kier alpha value is -2.09. The third-order valence-corrected chi connectivity index (χ3v) is 4.05. The Morgan fingerprint density at radius 2 is 2.10 bits per heavy atom. The molecule has 1 heterocycles. The van der Waals surface area contributed by atoms with Crippen LogP contribution in [-0.2, 0) is 0 Å². The molecule has 0 aliphatic heterocycles. The van der Waals surface area contributed by atoms with E-state index in [1.807, 2.05) is 29.6 Å². The summed E-state index contributed by atoms with van der Waals surface area (Å²) < 4.78 is 0. The molecule has 108 valence electrons. The zero-order valence-corrected chi connectivity index (χ0v) is 12.7. The van der Waals surface area contributed by atoms with Crippen molar-refractivity contribution in [3.8, 4) is 11.8 Å². The lowest BCUT2D eigenvalue weighted by Crippen LogP contribution is -2.27. The fourth-order valence-electron chi connectivity index (χ4n) is 1.96. The van der Waals surface area contributed by atoms with E-state index < -0.39 is 0 Å². The molecule has 0 spiro atoms. The van der Waals surface area contributed by atoms with Gasteiger partial charge in [0.25, 0.3) is 5.91 Å². The first-order valence-corrected chi connectivity index (χ1v) is 7.70. The van der Waals surface area contributed by atoms with Crippen molar-refractivity contribution in [1.82, 2.24) is 5.32 Å². The molecule has 3 nitrogen and oxygen atoms in total. The quantitative estimate of drug-likeness (QED) is 0.853. The monoisotopic (exact) mass is 298 g/mol. The molecule has 3 N–H and O–H groups in total. The summed E-state index contributed by atoms with van der Waals surface area (Å²) in [4.78, 5) is 12.9. The Balaban J connectivity index is 1.98. The fourth-order valence-corrected chi connectivity index (χ4v) is 2.72. The third kappa shape index (κ3) is 4.19. The van der Waals surface area contributed by atoms with Crippen LogP contribution in [0.15, 0.2) is 41.8 Å². The van der Waals surface area contributed by atoms with Crippen LogP contribution in [0.1, 0.15) is 33.6 Å². The van der Waals surface area contributed by atoms with Gasteiger partial charge in [-0.25, -0.2) is 0 Å². The van der Waals surface area contributed by atoms with E-state index in [0.717, 1.165) is 5.56 Å². The van der Waals surface area contributed by atoms with Crippen molar-refractivity contribution >= 4 is 17.2 Å². The van der Waals surface area contributed by atoms with Crippen LogP contribution in [0.2, 0.25) is 0 Å². The van der Waals surface area contributed by atoms with E-state index in [9.17, 15) is 4.79 Å². The van der Waals surface area contributed by atoms with Crippen molar-refractivity contribution in [2.75, 3.05) is 13.1 Å². The lowest BCUT2D eigenvalue weighted by molar-refractivity contribution is 0.0955. The Morgan fingerprint density at radius 1 is 1.33 bits per heavy atom. The molecule has 0 saturated heterocycles. The average molecular weight is 298 g/mol. The van der Waals surface area contributed by atoms with Crippen LogP contribution in [0.25, 0.3) is 0 Å². The number of nitrogens with two attached hydrogens (primary N) is 1. The van der Waals surface area contributed by atoms with Crippen LogP contribution in [0.4, 0.5) is 0 Å². The van der Waals surface area contributed by atoms with Crippen LogP contribution >= 0.6 is 11.3 Å². The highest BCUT2D eigenvalue weighted by Gasteiger charge is 2.13. The van der Waals surface area contributed by atoms with Crippen molar-refractivity contribution in [1.29, 1.82) is 0 Å². The minimum Gasteiger partial charge on any atom is -0.351 e. The number of benzene rings is 1. The van der Waals surface area contributed by atoms with E-state index in [2.05, 4.69) is 36.2 Å². The third-order valence-electron chi connectivity index (χ3n) is 3.13. The summed E-state index contributed by atoms with van der Waals surface area (Å²) in [5, 5.41) is 4.84. The highest BCUT2D eigenvalue weighted by molar-refractivity contribution is 7.12. The fraction of sp³-hybridized carbons (Fsp3) is 0.235. The largest absolute Gasteiger partial charge is 0.351 e. The molecular weight excluding hydrogens is 280 g/mol. The standard InChI is InChI=1S/C17H18N2OS/c1-13(14-6-3-2-4-7-14)12-19-17(20)16-15(8-5-10-18)9-11-21-16/h2-4,6-7,9,11,13H,10,12,18H2,1H3,(H,19,20). The summed E-state index contributed by atoms with van der Waals surface area (Å²) in [6.45, 7) is 2.99. The smallest absolute Gasteiger partial charge is 0.262 e. The van der Waals surface area contributed by atoms with E-state index in [1.165, 1.54) is 16.9 Å². The molecule has 1 aromatic carbocycles. The molecule has 0 bridgehead atoms. The minimum absolute atomic E-state index is 0.0749. The second-order valence-corrected chi connectivity index (χ2v) is 5.61. The molecule has 0 fully saturated rings. The number of nitrogens with one attached hydrogen (secondary N) is 1. The first kappa shape index (κ1) is 15.3. The van der Waals surface area contributed by atoms with Gasteiger partial charge < -0.3 is 11.1 Å². The molecule has 1 unspecified atom stereocenters. The number of carbonyl (C=O) groups is 1. The van der Waals surface area contributed by atoms with Gasteiger partial charge in [-0.3, -0.25) is 4.79 Å². The van der Waals surface area contributed by atoms with Crippen LogP contribution in [0, 0.1) is 11.8 Å².